The minimum absolute atomic E-state index is 0.235. The van der Waals surface area contributed by atoms with E-state index < -0.39 is 0 Å². The molecule has 0 aliphatic rings. The summed E-state index contributed by atoms with van der Waals surface area (Å²) in [5.74, 6) is 0.589. The number of fused-ring (bicyclic) bond motifs is 1. The maximum absolute atomic E-state index is 13.6. The van der Waals surface area contributed by atoms with Gasteiger partial charge < -0.3 is 5.32 Å². The first kappa shape index (κ1) is 12.3. The fraction of sp³-hybridized carbons (Fsp3) is 0.308. The first-order chi connectivity index (χ1) is 8.13. The van der Waals surface area contributed by atoms with E-state index in [4.69, 9.17) is 0 Å². The van der Waals surface area contributed by atoms with Crippen LogP contribution in [0.25, 0.3) is 10.9 Å². The molecule has 0 fully saturated rings. The van der Waals surface area contributed by atoms with E-state index >= 15 is 0 Å². The van der Waals surface area contributed by atoms with Crippen LogP contribution in [-0.2, 0) is 0 Å². The van der Waals surface area contributed by atoms with Gasteiger partial charge in [-0.25, -0.2) is 9.37 Å². The third-order valence-electron chi connectivity index (χ3n) is 2.62. The van der Waals surface area contributed by atoms with Gasteiger partial charge in [0.15, 0.2) is 0 Å². The van der Waals surface area contributed by atoms with Gasteiger partial charge >= 0.3 is 0 Å². The number of anilines is 1. The lowest BCUT2D eigenvalue weighted by molar-refractivity contribution is 0.639. The lowest BCUT2D eigenvalue weighted by atomic mass is 10.1. The molecule has 0 atom stereocenters. The number of nitrogens with zero attached hydrogens (tertiary/aromatic N) is 1. The van der Waals surface area contributed by atoms with Gasteiger partial charge in [0.1, 0.15) is 11.6 Å². The van der Waals surface area contributed by atoms with Crippen LogP contribution in [0.1, 0.15) is 18.9 Å². The topological polar surface area (TPSA) is 24.9 Å². The highest BCUT2D eigenvalue weighted by Gasteiger charge is 2.09. The van der Waals surface area contributed by atoms with Crippen molar-refractivity contribution in [2.45, 2.75) is 20.3 Å². The van der Waals surface area contributed by atoms with Gasteiger partial charge in [-0.1, -0.05) is 6.92 Å². The van der Waals surface area contributed by atoms with Crippen LogP contribution in [0.2, 0.25) is 0 Å². The first-order valence-corrected chi connectivity index (χ1v) is 6.42. The second-order valence-electron chi connectivity index (χ2n) is 4.01. The highest BCUT2D eigenvalue weighted by molar-refractivity contribution is 9.10. The monoisotopic (exact) mass is 296 g/mol. The van der Waals surface area contributed by atoms with Crippen LogP contribution in [0.3, 0.4) is 0 Å². The summed E-state index contributed by atoms with van der Waals surface area (Å²) < 4.78 is 14.5. The van der Waals surface area contributed by atoms with E-state index in [1.807, 2.05) is 13.0 Å². The molecule has 0 aliphatic carbocycles. The van der Waals surface area contributed by atoms with Crippen LogP contribution in [-0.4, -0.2) is 11.5 Å². The number of halogens is 2. The summed E-state index contributed by atoms with van der Waals surface area (Å²) in [7, 11) is 0. The second kappa shape index (κ2) is 5.00. The van der Waals surface area contributed by atoms with Crippen LogP contribution in [0.15, 0.2) is 22.7 Å². The van der Waals surface area contributed by atoms with E-state index in [1.165, 1.54) is 6.07 Å². The van der Waals surface area contributed by atoms with Crippen LogP contribution in [0, 0.1) is 12.7 Å². The van der Waals surface area contributed by atoms with Gasteiger partial charge in [-0.15, -0.1) is 0 Å². The Morgan fingerprint density at radius 1 is 1.41 bits per heavy atom. The smallest absolute Gasteiger partial charge is 0.132 e. The van der Waals surface area contributed by atoms with Gasteiger partial charge in [0.05, 0.1) is 5.52 Å². The fourth-order valence-electron chi connectivity index (χ4n) is 1.71. The van der Waals surface area contributed by atoms with Crippen molar-refractivity contribution in [3.05, 3.63) is 34.1 Å². The zero-order chi connectivity index (χ0) is 12.4. The maximum atomic E-state index is 13.6. The highest BCUT2D eigenvalue weighted by Crippen LogP contribution is 2.28. The van der Waals surface area contributed by atoms with Crippen molar-refractivity contribution in [3.8, 4) is 0 Å². The molecule has 1 N–H and O–H groups in total. The zero-order valence-corrected chi connectivity index (χ0v) is 11.4. The van der Waals surface area contributed by atoms with Crippen molar-refractivity contribution in [1.82, 2.24) is 4.98 Å². The Hall–Kier alpha value is -1.16. The van der Waals surface area contributed by atoms with Crippen molar-refractivity contribution in [1.29, 1.82) is 0 Å². The predicted molar refractivity (Wildman–Crippen MR) is 72.9 cm³/mol. The Morgan fingerprint density at radius 2 is 2.18 bits per heavy atom. The largest absolute Gasteiger partial charge is 0.370 e. The molecule has 0 aliphatic heterocycles. The summed E-state index contributed by atoms with van der Waals surface area (Å²) in [4.78, 5) is 4.47. The van der Waals surface area contributed by atoms with Crippen molar-refractivity contribution in [3.63, 3.8) is 0 Å². The van der Waals surface area contributed by atoms with E-state index in [2.05, 4.69) is 33.2 Å². The number of aryl methyl sites for hydroxylation is 1. The molecule has 0 amide bonds. The van der Waals surface area contributed by atoms with Gasteiger partial charge in [0.2, 0.25) is 0 Å². The van der Waals surface area contributed by atoms with Crippen molar-refractivity contribution in [2.75, 3.05) is 11.9 Å². The number of hydrogen-bond acceptors (Lipinski definition) is 2. The van der Waals surface area contributed by atoms with E-state index in [9.17, 15) is 4.39 Å². The minimum atomic E-state index is -0.235. The van der Waals surface area contributed by atoms with Crippen LogP contribution >= 0.6 is 15.9 Å². The second-order valence-corrected chi connectivity index (χ2v) is 4.86. The Labute approximate surface area is 108 Å². The van der Waals surface area contributed by atoms with Gasteiger partial charge in [0, 0.05) is 16.4 Å². The molecule has 2 rings (SSSR count). The number of benzene rings is 1. The van der Waals surface area contributed by atoms with Crippen LogP contribution < -0.4 is 5.32 Å². The molecule has 1 heterocycles. The van der Waals surface area contributed by atoms with Gasteiger partial charge in [-0.3, -0.25) is 0 Å². The van der Waals surface area contributed by atoms with Gasteiger partial charge in [0.25, 0.3) is 0 Å². The molecular weight excluding hydrogens is 283 g/mol. The average molecular weight is 297 g/mol. The Bertz CT molecular complexity index is 555. The summed E-state index contributed by atoms with van der Waals surface area (Å²) in [6.45, 7) is 4.90. The lowest BCUT2D eigenvalue weighted by Crippen LogP contribution is -2.04. The summed E-state index contributed by atoms with van der Waals surface area (Å²) >= 11 is 3.40. The van der Waals surface area contributed by atoms with Crippen LogP contribution in [0.5, 0.6) is 0 Å². The van der Waals surface area contributed by atoms with Crippen molar-refractivity contribution in [2.24, 2.45) is 0 Å². The van der Waals surface area contributed by atoms with Gasteiger partial charge in [-0.2, -0.15) is 0 Å². The number of aromatic nitrogens is 1. The molecule has 0 unspecified atom stereocenters. The van der Waals surface area contributed by atoms with E-state index in [0.29, 0.717) is 10.9 Å². The molecule has 1 aromatic carbocycles. The molecule has 0 saturated carbocycles. The summed E-state index contributed by atoms with van der Waals surface area (Å²) in [6, 6.07) is 4.97. The fourth-order valence-corrected chi connectivity index (χ4v) is 2.15. The quantitative estimate of drug-likeness (QED) is 0.915. The third kappa shape index (κ3) is 2.41. The van der Waals surface area contributed by atoms with Gasteiger partial charge in [-0.05, 0) is 53.0 Å². The predicted octanol–water partition coefficient (Wildman–Crippen LogP) is 4.27. The average Bonchev–Trinajstić information content (AvgIpc) is 2.32. The normalized spacial score (nSPS) is 10.8. The molecule has 4 heteroatoms. The lowest BCUT2D eigenvalue weighted by Gasteiger charge is -2.10. The molecule has 17 heavy (non-hydrogen) atoms. The maximum Gasteiger partial charge on any atom is 0.132 e. The Kier molecular flexibility index (Phi) is 3.62. The first-order valence-electron chi connectivity index (χ1n) is 5.62. The summed E-state index contributed by atoms with van der Waals surface area (Å²) in [5.41, 5.74) is 1.62. The zero-order valence-electron chi connectivity index (χ0n) is 9.85. The highest BCUT2D eigenvalue weighted by atomic mass is 79.9. The number of rotatable bonds is 3. The molecule has 0 radical (unpaired) electrons. The van der Waals surface area contributed by atoms with E-state index in [1.54, 1.807) is 6.07 Å². The molecule has 0 bridgehead atoms. The molecule has 1 aromatic heterocycles. The van der Waals surface area contributed by atoms with Crippen molar-refractivity contribution < 1.29 is 4.39 Å². The standard InChI is InChI=1S/C13H14BrFN2/c1-3-6-16-13-8(2)7-9-11(15)5-4-10(14)12(9)17-13/h4-5,7H,3,6H2,1-2H3,(H,16,17). The van der Waals surface area contributed by atoms with E-state index in [-0.39, 0.29) is 5.82 Å². The molecule has 2 nitrogen and oxygen atoms in total. The minimum Gasteiger partial charge on any atom is -0.370 e. The Morgan fingerprint density at radius 3 is 2.88 bits per heavy atom. The number of hydrogen-bond donors (Lipinski definition) is 1. The summed E-state index contributed by atoms with van der Waals surface area (Å²) in [5, 5.41) is 3.80. The summed E-state index contributed by atoms with van der Waals surface area (Å²) in [6.07, 6.45) is 1.03. The third-order valence-corrected chi connectivity index (χ3v) is 3.25. The molecule has 2 aromatic rings. The molecule has 0 spiro atoms. The SMILES string of the molecule is CCCNc1nc2c(Br)ccc(F)c2cc1C. The van der Waals surface area contributed by atoms with Crippen molar-refractivity contribution >= 4 is 32.7 Å². The van der Waals surface area contributed by atoms with Crippen LogP contribution in [0.4, 0.5) is 10.2 Å². The molecule has 0 saturated heterocycles. The van der Waals surface area contributed by atoms with E-state index in [0.717, 1.165) is 28.8 Å². The molecule has 90 valence electrons. The molecular formula is C13H14BrFN2. The number of nitrogens with one attached hydrogen (secondary N) is 1. The Balaban J connectivity index is 2.59. The number of pyridine rings is 1.